The van der Waals surface area contributed by atoms with Gasteiger partial charge in [0, 0.05) is 17.0 Å². The lowest BCUT2D eigenvalue weighted by Crippen LogP contribution is -2.28. The molecule has 2 aliphatic rings. The number of hydrogen-bond acceptors (Lipinski definition) is 4. The van der Waals surface area contributed by atoms with E-state index in [-0.39, 0.29) is 11.9 Å². The Labute approximate surface area is 156 Å². The number of benzene rings is 1. The molecule has 2 aliphatic carbocycles. The first-order valence-corrected chi connectivity index (χ1v) is 10.1. The summed E-state index contributed by atoms with van der Waals surface area (Å²) in [5.74, 6) is 2.07. The molecule has 1 aromatic heterocycles. The summed E-state index contributed by atoms with van der Waals surface area (Å²) in [6, 6.07) is 8.05. The van der Waals surface area contributed by atoms with E-state index in [1.807, 2.05) is 31.2 Å². The van der Waals surface area contributed by atoms with Crippen molar-refractivity contribution < 1.29 is 4.79 Å². The van der Waals surface area contributed by atoms with Crippen LogP contribution in [0.3, 0.4) is 0 Å². The summed E-state index contributed by atoms with van der Waals surface area (Å²) < 4.78 is 2.28. The molecule has 1 atom stereocenters. The number of rotatable bonds is 7. The van der Waals surface area contributed by atoms with Crippen LogP contribution in [0.15, 0.2) is 29.4 Å². The third kappa shape index (κ3) is 4.01. The fourth-order valence-electron chi connectivity index (χ4n) is 2.93. The summed E-state index contributed by atoms with van der Waals surface area (Å²) >= 11 is 7.39. The van der Waals surface area contributed by atoms with Gasteiger partial charge < -0.3 is 9.88 Å². The Bertz CT molecular complexity index is 768. The van der Waals surface area contributed by atoms with Crippen LogP contribution in [-0.4, -0.2) is 26.4 Å². The first kappa shape index (κ1) is 16.9. The van der Waals surface area contributed by atoms with E-state index in [9.17, 15) is 4.79 Å². The fourth-order valence-corrected chi connectivity index (χ4v) is 3.88. The van der Waals surface area contributed by atoms with Gasteiger partial charge in [0.15, 0.2) is 5.16 Å². The minimum Gasteiger partial charge on any atom is -0.349 e. The van der Waals surface area contributed by atoms with E-state index >= 15 is 0 Å². The predicted molar refractivity (Wildman–Crippen MR) is 99.0 cm³/mol. The smallest absolute Gasteiger partial charge is 0.230 e. The van der Waals surface area contributed by atoms with Crippen molar-refractivity contribution in [2.75, 3.05) is 5.75 Å². The summed E-state index contributed by atoms with van der Waals surface area (Å²) in [4.78, 5) is 12.3. The number of thioether (sulfide) groups is 1. The summed E-state index contributed by atoms with van der Waals surface area (Å²) in [5, 5.41) is 13.3. The monoisotopic (exact) mass is 376 g/mol. The van der Waals surface area contributed by atoms with Crippen molar-refractivity contribution in [2.24, 2.45) is 0 Å². The number of nitrogens with one attached hydrogen (secondary N) is 1. The highest BCUT2D eigenvalue weighted by molar-refractivity contribution is 7.99. The quantitative estimate of drug-likeness (QED) is 0.738. The largest absolute Gasteiger partial charge is 0.349 e. The van der Waals surface area contributed by atoms with E-state index in [2.05, 4.69) is 20.1 Å². The second-order valence-electron chi connectivity index (χ2n) is 6.85. The van der Waals surface area contributed by atoms with Crippen LogP contribution >= 0.6 is 23.4 Å². The Morgan fingerprint density at radius 3 is 2.64 bits per heavy atom. The second-order valence-corrected chi connectivity index (χ2v) is 8.22. The van der Waals surface area contributed by atoms with E-state index in [4.69, 9.17) is 11.6 Å². The van der Waals surface area contributed by atoms with Crippen molar-refractivity contribution in [3.63, 3.8) is 0 Å². The van der Waals surface area contributed by atoms with Crippen molar-refractivity contribution in [1.29, 1.82) is 0 Å². The van der Waals surface area contributed by atoms with Gasteiger partial charge >= 0.3 is 0 Å². The summed E-state index contributed by atoms with van der Waals surface area (Å²) in [7, 11) is 0. The lowest BCUT2D eigenvalue weighted by atomic mass is 10.1. The molecule has 132 valence electrons. The average molecular weight is 377 g/mol. The molecule has 1 unspecified atom stereocenters. The number of halogens is 1. The molecule has 1 heterocycles. The van der Waals surface area contributed by atoms with Crippen LogP contribution in [0.5, 0.6) is 0 Å². The SMILES string of the molecule is CC(NC(=O)CSc1nnc(C2CC2)n1C1CC1)c1ccc(Cl)cc1. The lowest BCUT2D eigenvalue weighted by molar-refractivity contribution is -0.119. The molecule has 2 saturated carbocycles. The highest BCUT2D eigenvalue weighted by Crippen LogP contribution is 2.45. The van der Waals surface area contributed by atoms with Gasteiger partial charge in [-0.2, -0.15) is 0 Å². The average Bonchev–Trinajstić information content (AvgIpc) is 3.52. The number of nitrogens with zero attached hydrogens (tertiary/aromatic N) is 3. The van der Waals surface area contributed by atoms with Gasteiger partial charge in [-0.15, -0.1) is 10.2 Å². The Morgan fingerprint density at radius 2 is 2.00 bits per heavy atom. The van der Waals surface area contributed by atoms with Gasteiger partial charge in [0.05, 0.1) is 11.8 Å². The zero-order chi connectivity index (χ0) is 17.4. The van der Waals surface area contributed by atoms with Gasteiger partial charge in [0.2, 0.25) is 5.91 Å². The highest BCUT2D eigenvalue weighted by Gasteiger charge is 2.36. The zero-order valence-electron chi connectivity index (χ0n) is 14.1. The maximum Gasteiger partial charge on any atom is 0.230 e. The van der Waals surface area contributed by atoms with E-state index in [0.717, 1.165) is 16.5 Å². The van der Waals surface area contributed by atoms with E-state index in [0.29, 0.717) is 22.7 Å². The molecule has 5 nitrogen and oxygen atoms in total. The number of hydrogen-bond donors (Lipinski definition) is 1. The zero-order valence-corrected chi connectivity index (χ0v) is 15.7. The molecule has 2 fully saturated rings. The van der Waals surface area contributed by atoms with Crippen LogP contribution in [0.2, 0.25) is 5.02 Å². The minimum absolute atomic E-state index is 0.00534. The van der Waals surface area contributed by atoms with Gasteiger partial charge in [0.1, 0.15) is 5.82 Å². The van der Waals surface area contributed by atoms with Crippen LogP contribution in [0.1, 0.15) is 62.0 Å². The van der Waals surface area contributed by atoms with Gasteiger partial charge in [-0.25, -0.2) is 0 Å². The molecule has 1 amide bonds. The Balaban J connectivity index is 1.35. The number of amides is 1. The van der Waals surface area contributed by atoms with Gasteiger partial charge in [-0.05, 0) is 50.3 Å². The highest BCUT2D eigenvalue weighted by atomic mass is 35.5. The van der Waals surface area contributed by atoms with Crippen LogP contribution in [0.25, 0.3) is 0 Å². The van der Waals surface area contributed by atoms with Crippen molar-refractivity contribution in [2.45, 2.75) is 55.8 Å². The van der Waals surface area contributed by atoms with Gasteiger partial charge in [-0.1, -0.05) is 35.5 Å². The fraction of sp³-hybridized carbons (Fsp3) is 0.500. The molecule has 0 saturated heterocycles. The summed E-state index contributed by atoms with van der Waals surface area (Å²) in [6.45, 7) is 1.98. The number of carbonyl (C=O) groups excluding carboxylic acids is 1. The molecule has 2 aromatic rings. The Morgan fingerprint density at radius 1 is 1.28 bits per heavy atom. The van der Waals surface area contributed by atoms with Crippen LogP contribution in [0.4, 0.5) is 0 Å². The summed E-state index contributed by atoms with van der Waals surface area (Å²) in [5.41, 5.74) is 1.04. The molecule has 0 aliphatic heterocycles. The van der Waals surface area contributed by atoms with Crippen LogP contribution in [0, 0.1) is 0 Å². The van der Waals surface area contributed by atoms with E-state index in [1.54, 1.807) is 0 Å². The predicted octanol–water partition coefficient (Wildman–Crippen LogP) is 4.11. The topological polar surface area (TPSA) is 59.8 Å². The maximum atomic E-state index is 12.3. The van der Waals surface area contributed by atoms with Crippen molar-refractivity contribution in [3.05, 3.63) is 40.7 Å². The molecule has 0 spiro atoms. The van der Waals surface area contributed by atoms with Crippen molar-refractivity contribution in [3.8, 4) is 0 Å². The van der Waals surface area contributed by atoms with E-state index < -0.39 is 0 Å². The molecule has 0 radical (unpaired) electrons. The normalized spacial score (nSPS) is 18.2. The molecule has 1 N–H and O–H groups in total. The second kappa shape index (κ2) is 7.00. The number of aromatic nitrogens is 3. The van der Waals surface area contributed by atoms with Gasteiger partial charge in [-0.3, -0.25) is 4.79 Å². The molecule has 7 heteroatoms. The molecular weight excluding hydrogens is 356 g/mol. The molecule has 4 rings (SSSR count). The Hall–Kier alpha value is -1.53. The molecular formula is C18H21ClN4OS. The Kier molecular flexibility index (Phi) is 4.73. The van der Waals surface area contributed by atoms with Gasteiger partial charge in [0.25, 0.3) is 0 Å². The molecule has 1 aromatic carbocycles. The standard InChI is InChI=1S/C18H21ClN4OS/c1-11(12-4-6-14(19)7-5-12)20-16(24)10-25-18-22-21-17(13-2-3-13)23(18)15-8-9-15/h4-7,11,13,15H,2-3,8-10H2,1H3,(H,20,24). The van der Waals surface area contributed by atoms with Crippen LogP contribution in [-0.2, 0) is 4.79 Å². The molecule has 0 bridgehead atoms. The summed E-state index contributed by atoms with van der Waals surface area (Å²) in [6.07, 6.45) is 4.83. The maximum absolute atomic E-state index is 12.3. The van der Waals surface area contributed by atoms with Crippen molar-refractivity contribution in [1.82, 2.24) is 20.1 Å². The minimum atomic E-state index is -0.0475. The first-order chi connectivity index (χ1) is 12.1. The van der Waals surface area contributed by atoms with E-state index in [1.165, 1.54) is 37.4 Å². The third-order valence-electron chi connectivity index (χ3n) is 4.63. The first-order valence-electron chi connectivity index (χ1n) is 8.74. The molecule has 25 heavy (non-hydrogen) atoms. The lowest BCUT2D eigenvalue weighted by Gasteiger charge is -2.14. The number of carbonyl (C=O) groups is 1. The third-order valence-corrected chi connectivity index (χ3v) is 5.82. The van der Waals surface area contributed by atoms with Crippen molar-refractivity contribution >= 4 is 29.3 Å². The van der Waals surface area contributed by atoms with Crippen LogP contribution < -0.4 is 5.32 Å².